The molecule has 0 amide bonds. The normalized spacial score (nSPS) is 10.4. The van der Waals surface area contributed by atoms with Gasteiger partial charge in [0, 0.05) is 5.56 Å². The maximum absolute atomic E-state index is 14.1. The van der Waals surface area contributed by atoms with Gasteiger partial charge in [0.1, 0.15) is 17.4 Å². The lowest BCUT2D eigenvalue weighted by Gasteiger charge is -2.12. The maximum Gasteiger partial charge on any atom is 0.338 e. The predicted octanol–water partition coefficient (Wildman–Crippen LogP) is 3.53. The second-order valence-electron chi connectivity index (χ2n) is 5.46. The Morgan fingerprint density at radius 1 is 1.26 bits per heavy atom. The molecule has 0 aliphatic carbocycles. The first kappa shape index (κ1) is 18.4. The number of halogens is 1. The molecule has 0 fully saturated rings. The molecule has 0 atom stereocenters. The smallest absolute Gasteiger partial charge is 0.338 e. The van der Waals surface area contributed by atoms with Crippen LogP contribution in [0.25, 0.3) is 22.4 Å². The van der Waals surface area contributed by atoms with Crippen LogP contribution in [0.1, 0.15) is 15.9 Å². The van der Waals surface area contributed by atoms with E-state index in [1.54, 1.807) is 30.5 Å². The molecule has 3 aromatic rings. The van der Waals surface area contributed by atoms with E-state index >= 15 is 0 Å². The Bertz CT molecular complexity index is 1150. The molecule has 2 N–H and O–H groups in total. The van der Waals surface area contributed by atoms with Crippen LogP contribution in [0.3, 0.4) is 0 Å². The van der Waals surface area contributed by atoms with Crippen molar-refractivity contribution >= 4 is 17.7 Å². The van der Waals surface area contributed by atoms with Gasteiger partial charge in [-0.25, -0.2) is 14.2 Å². The maximum atomic E-state index is 14.1. The topological polar surface area (TPSA) is 107 Å². The van der Waals surface area contributed by atoms with Crippen LogP contribution >= 0.6 is 11.8 Å². The molecule has 0 unspecified atom stereocenters. The molecule has 0 spiro atoms. The number of nitriles is 1. The highest BCUT2D eigenvalue weighted by molar-refractivity contribution is 7.98. The van der Waals surface area contributed by atoms with Crippen molar-refractivity contribution in [2.45, 2.75) is 5.16 Å². The Kier molecular flexibility index (Phi) is 5.05. The summed E-state index contributed by atoms with van der Waals surface area (Å²) in [5.74, 6) is -2.24. The fourth-order valence-electron chi connectivity index (χ4n) is 2.65. The summed E-state index contributed by atoms with van der Waals surface area (Å²) < 4.78 is 14.1. The zero-order chi connectivity index (χ0) is 19.6. The average molecular weight is 381 g/mol. The number of aromatic nitrogens is 2. The van der Waals surface area contributed by atoms with E-state index in [1.165, 1.54) is 23.9 Å². The van der Waals surface area contributed by atoms with Crippen molar-refractivity contribution in [2.75, 3.05) is 6.26 Å². The van der Waals surface area contributed by atoms with Gasteiger partial charge in [0.15, 0.2) is 5.16 Å². The van der Waals surface area contributed by atoms with Crippen LogP contribution < -0.4 is 5.56 Å². The molecule has 3 rings (SSSR count). The molecule has 2 aromatic carbocycles. The summed E-state index contributed by atoms with van der Waals surface area (Å²) in [4.78, 5) is 30.1. The highest BCUT2D eigenvalue weighted by Crippen LogP contribution is 2.33. The van der Waals surface area contributed by atoms with Gasteiger partial charge in [-0.05, 0) is 29.5 Å². The fraction of sp³-hybridized carbons (Fsp3) is 0.0526. The number of hydrogen-bond acceptors (Lipinski definition) is 5. The highest BCUT2D eigenvalue weighted by atomic mass is 32.2. The summed E-state index contributed by atoms with van der Waals surface area (Å²) in [5, 5.41) is 18.7. The first-order valence-electron chi connectivity index (χ1n) is 7.67. The fourth-order valence-corrected chi connectivity index (χ4v) is 3.02. The Balaban J connectivity index is 2.27. The van der Waals surface area contributed by atoms with Crippen molar-refractivity contribution in [1.29, 1.82) is 5.26 Å². The predicted molar refractivity (Wildman–Crippen MR) is 99.1 cm³/mol. The van der Waals surface area contributed by atoms with E-state index in [2.05, 4.69) is 9.97 Å². The van der Waals surface area contributed by atoms with E-state index in [4.69, 9.17) is 5.11 Å². The lowest BCUT2D eigenvalue weighted by Crippen LogP contribution is -2.14. The third-order valence-electron chi connectivity index (χ3n) is 3.90. The van der Waals surface area contributed by atoms with Gasteiger partial charge in [0.2, 0.25) is 0 Å². The van der Waals surface area contributed by atoms with Crippen molar-refractivity contribution in [3.63, 3.8) is 0 Å². The van der Waals surface area contributed by atoms with Gasteiger partial charge < -0.3 is 10.1 Å². The van der Waals surface area contributed by atoms with Gasteiger partial charge in [-0.15, -0.1) is 0 Å². The van der Waals surface area contributed by atoms with Crippen LogP contribution in [0.2, 0.25) is 0 Å². The number of hydrogen-bond donors (Lipinski definition) is 2. The van der Waals surface area contributed by atoms with Gasteiger partial charge in [-0.1, -0.05) is 42.1 Å². The number of benzene rings is 2. The minimum atomic E-state index is -1.36. The third-order valence-corrected chi connectivity index (χ3v) is 4.48. The van der Waals surface area contributed by atoms with Crippen LogP contribution in [0.5, 0.6) is 0 Å². The second kappa shape index (κ2) is 7.43. The quantitative estimate of drug-likeness (QED) is 0.529. The summed E-state index contributed by atoms with van der Waals surface area (Å²) in [6.45, 7) is 0. The van der Waals surface area contributed by atoms with E-state index < -0.39 is 22.9 Å². The van der Waals surface area contributed by atoms with Crippen molar-refractivity contribution < 1.29 is 14.3 Å². The Labute approximate surface area is 157 Å². The SMILES string of the molecule is CSc1nc(-c2ccccc2-c2ccc(C(=O)O)c(F)c2)c(C#N)c(=O)[nH]1. The number of carboxylic acid groups (broad SMARTS) is 1. The number of carboxylic acids is 1. The first-order valence-corrected chi connectivity index (χ1v) is 8.89. The highest BCUT2D eigenvalue weighted by Gasteiger charge is 2.18. The zero-order valence-electron chi connectivity index (χ0n) is 14.0. The molecule has 8 heteroatoms. The van der Waals surface area contributed by atoms with Crippen LogP contribution in [0.4, 0.5) is 4.39 Å². The number of H-pyrrole nitrogens is 1. The summed E-state index contributed by atoms with van der Waals surface area (Å²) in [6, 6.07) is 12.4. The molecule has 0 radical (unpaired) electrons. The van der Waals surface area contributed by atoms with Gasteiger partial charge >= 0.3 is 5.97 Å². The molecular formula is C19H12FN3O3S. The van der Waals surface area contributed by atoms with E-state index in [0.717, 1.165) is 6.07 Å². The van der Waals surface area contributed by atoms with Crippen molar-refractivity contribution in [3.8, 4) is 28.5 Å². The van der Waals surface area contributed by atoms with E-state index in [9.17, 15) is 19.2 Å². The van der Waals surface area contributed by atoms with Crippen molar-refractivity contribution in [2.24, 2.45) is 0 Å². The molecule has 0 aliphatic rings. The standard InChI is InChI=1S/C19H12FN3O3S/c1-27-19-22-16(14(9-21)17(24)23-19)12-5-3-2-4-11(12)10-6-7-13(18(25)26)15(20)8-10/h2-8H,1H3,(H,25,26)(H,22,23,24). The number of carbonyl (C=O) groups is 1. The minimum Gasteiger partial charge on any atom is -0.478 e. The Hall–Kier alpha value is -3.44. The average Bonchev–Trinajstić information content (AvgIpc) is 2.66. The van der Waals surface area contributed by atoms with E-state index in [0.29, 0.717) is 21.8 Å². The zero-order valence-corrected chi connectivity index (χ0v) is 14.8. The van der Waals surface area contributed by atoms with Gasteiger partial charge in [-0.2, -0.15) is 5.26 Å². The molecule has 0 bridgehead atoms. The number of rotatable bonds is 4. The van der Waals surface area contributed by atoms with Gasteiger partial charge in [0.25, 0.3) is 5.56 Å². The summed E-state index contributed by atoms with van der Waals surface area (Å²) >= 11 is 1.22. The molecule has 0 saturated carbocycles. The molecule has 1 aromatic heterocycles. The number of aromatic carboxylic acids is 1. The largest absolute Gasteiger partial charge is 0.478 e. The molecule has 134 valence electrons. The van der Waals surface area contributed by atoms with Crippen LogP contribution in [0, 0.1) is 17.1 Å². The van der Waals surface area contributed by atoms with E-state index in [1.807, 2.05) is 6.07 Å². The minimum absolute atomic E-state index is 0.150. The first-order chi connectivity index (χ1) is 13.0. The molecule has 1 heterocycles. The number of nitrogens with zero attached hydrogens (tertiary/aromatic N) is 2. The molecular weight excluding hydrogens is 369 g/mol. The van der Waals surface area contributed by atoms with Crippen molar-refractivity contribution in [1.82, 2.24) is 9.97 Å². The number of nitrogens with one attached hydrogen (secondary N) is 1. The summed E-state index contributed by atoms with van der Waals surface area (Å²) in [7, 11) is 0. The molecule has 0 aliphatic heterocycles. The van der Waals surface area contributed by atoms with Gasteiger partial charge in [0.05, 0.1) is 11.3 Å². The summed E-state index contributed by atoms with van der Waals surface area (Å²) in [5.41, 5.74) is 0.437. The molecule has 6 nitrogen and oxygen atoms in total. The Morgan fingerprint density at radius 3 is 2.56 bits per heavy atom. The van der Waals surface area contributed by atoms with Crippen molar-refractivity contribution in [3.05, 3.63) is 69.8 Å². The lowest BCUT2D eigenvalue weighted by molar-refractivity contribution is 0.0692. The molecule has 0 saturated heterocycles. The Morgan fingerprint density at radius 2 is 1.96 bits per heavy atom. The van der Waals surface area contributed by atoms with Gasteiger partial charge in [-0.3, -0.25) is 4.79 Å². The van der Waals surface area contributed by atoms with Crippen LogP contribution in [-0.4, -0.2) is 27.3 Å². The number of thioether (sulfide) groups is 1. The summed E-state index contributed by atoms with van der Waals surface area (Å²) in [6.07, 6.45) is 1.74. The third kappa shape index (κ3) is 3.45. The van der Waals surface area contributed by atoms with E-state index in [-0.39, 0.29) is 11.3 Å². The lowest BCUT2D eigenvalue weighted by atomic mass is 9.95. The second-order valence-corrected chi connectivity index (χ2v) is 6.25. The molecule has 27 heavy (non-hydrogen) atoms. The number of aromatic amines is 1. The monoisotopic (exact) mass is 381 g/mol. The van der Waals surface area contributed by atoms with Crippen LogP contribution in [0.15, 0.2) is 52.4 Å². The van der Waals surface area contributed by atoms with Crippen LogP contribution in [-0.2, 0) is 0 Å².